The first-order valence-corrected chi connectivity index (χ1v) is 3.68. The summed E-state index contributed by atoms with van der Waals surface area (Å²) < 4.78 is 10.5. The van der Waals surface area contributed by atoms with Crippen molar-refractivity contribution < 1.29 is 4.21 Å². The summed E-state index contributed by atoms with van der Waals surface area (Å²) in [6.07, 6.45) is 3.51. The molecule has 0 aromatic rings. The van der Waals surface area contributed by atoms with Crippen molar-refractivity contribution in [3.8, 4) is 0 Å². The Morgan fingerprint density at radius 1 is 1.29 bits per heavy atom. The number of hydrogen-bond donors (Lipinski definition) is 0. The summed E-state index contributed by atoms with van der Waals surface area (Å²) in [5, 5.41) is 0. The minimum Gasteiger partial charge on any atom is -0.250 e. The Kier molecular flexibility index (Phi) is 0.546. The molecule has 2 heteroatoms. The summed E-state index contributed by atoms with van der Waals surface area (Å²) in [5.41, 5.74) is 0. The summed E-state index contributed by atoms with van der Waals surface area (Å²) >= 11 is 0. The highest BCUT2D eigenvalue weighted by atomic mass is 32.2. The van der Waals surface area contributed by atoms with Crippen molar-refractivity contribution in [1.82, 2.24) is 0 Å². The molecule has 0 amide bonds. The summed E-state index contributed by atoms with van der Waals surface area (Å²) in [5.74, 6) is 0. The van der Waals surface area contributed by atoms with Crippen molar-refractivity contribution >= 4 is 10.8 Å². The van der Waals surface area contributed by atoms with Crippen LogP contribution in [0.2, 0.25) is 0 Å². The molecule has 1 nitrogen and oxygen atoms in total. The first-order valence-electron chi connectivity index (χ1n) is 2.53. The smallest absolute Gasteiger partial charge is 0.0785 e. The molecule has 0 aromatic heterocycles. The van der Waals surface area contributed by atoms with E-state index in [-0.39, 0.29) is 0 Å². The maximum absolute atomic E-state index is 10.5. The van der Waals surface area contributed by atoms with Gasteiger partial charge in [0, 0.05) is 9.81 Å². The molecule has 0 radical (unpaired) electrons. The fourth-order valence-electron chi connectivity index (χ4n) is 1.07. The molecule has 0 unspecified atom stereocenters. The van der Waals surface area contributed by atoms with Crippen LogP contribution in [0.1, 0.15) is 19.3 Å². The standard InChI is InChI=1S/C5H6OS/c6-7-4-2-1-3-5(4)7/h1-3H2. The van der Waals surface area contributed by atoms with Crippen LogP contribution in [0.15, 0.2) is 9.81 Å². The van der Waals surface area contributed by atoms with Crippen LogP contribution < -0.4 is 0 Å². The van der Waals surface area contributed by atoms with Crippen LogP contribution in [-0.2, 0) is 10.8 Å². The quantitative estimate of drug-likeness (QED) is 0.461. The fraction of sp³-hybridized carbons (Fsp3) is 0.600. The third-order valence-corrected chi connectivity index (χ3v) is 3.12. The molecule has 0 atom stereocenters. The first kappa shape index (κ1) is 3.84. The summed E-state index contributed by atoms with van der Waals surface area (Å²) in [7, 11) is -0.524. The van der Waals surface area contributed by atoms with Crippen molar-refractivity contribution in [1.29, 1.82) is 0 Å². The highest BCUT2D eigenvalue weighted by Crippen LogP contribution is 2.45. The molecule has 7 heavy (non-hydrogen) atoms. The Bertz CT molecular complexity index is 153. The lowest BCUT2D eigenvalue weighted by atomic mass is 10.4. The molecular weight excluding hydrogens is 108 g/mol. The molecule has 0 spiro atoms. The van der Waals surface area contributed by atoms with Crippen LogP contribution in [0, 0.1) is 0 Å². The number of rotatable bonds is 0. The van der Waals surface area contributed by atoms with E-state index in [1.807, 2.05) is 0 Å². The van der Waals surface area contributed by atoms with Crippen molar-refractivity contribution in [2.24, 2.45) is 0 Å². The van der Waals surface area contributed by atoms with Crippen LogP contribution in [0.4, 0.5) is 0 Å². The molecule has 0 fully saturated rings. The van der Waals surface area contributed by atoms with Gasteiger partial charge in [0.25, 0.3) is 0 Å². The van der Waals surface area contributed by atoms with E-state index in [9.17, 15) is 4.21 Å². The second kappa shape index (κ2) is 0.996. The van der Waals surface area contributed by atoms with Gasteiger partial charge in [-0.3, -0.25) is 0 Å². The maximum Gasteiger partial charge on any atom is 0.0785 e. The monoisotopic (exact) mass is 114 g/mol. The SMILES string of the molecule is O=S1C2=C1CCC2. The zero-order valence-electron chi connectivity index (χ0n) is 3.94. The van der Waals surface area contributed by atoms with Gasteiger partial charge in [0.15, 0.2) is 0 Å². The van der Waals surface area contributed by atoms with E-state index < -0.39 is 10.8 Å². The van der Waals surface area contributed by atoms with Crippen LogP contribution in [0.25, 0.3) is 0 Å². The predicted octanol–water partition coefficient (Wildman–Crippen LogP) is 1.14. The van der Waals surface area contributed by atoms with E-state index >= 15 is 0 Å². The lowest BCUT2D eigenvalue weighted by Gasteiger charge is -1.85. The van der Waals surface area contributed by atoms with E-state index in [1.165, 1.54) is 16.2 Å². The van der Waals surface area contributed by atoms with Gasteiger partial charge in [0.2, 0.25) is 0 Å². The van der Waals surface area contributed by atoms with Gasteiger partial charge in [-0.2, -0.15) is 0 Å². The minimum atomic E-state index is -0.524. The molecule has 0 N–H and O–H groups in total. The fourth-order valence-corrected chi connectivity index (χ4v) is 2.44. The minimum absolute atomic E-state index is 0.524. The van der Waals surface area contributed by atoms with Crippen molar-refractivity contribution in [2.75, 3.05) is 0 Å². The molecule has 2 aliphatic rings. The van der Waals surface area contributed by atoms with E-state index in [1.54, 1.807) is 0 Å². The highest BCUT2D eigenvalue weighted by molar-refractivity contribution is 7.99. The van der Waals surface area contributed by atoms with Crippen LogP contribution >= 0.6 is 0 Å². The van der Waals surface area contributed by atoms with Gasteiger partial charge in [-0.25, -0.2) is 4.21 Å². The lowest BCUT2D eigenvalue weighted by Crippen LogP contribution is -1.75. The summed E-state index contributed by atoms with van der Waals surface area (Å²) in [6, 6.07) is 0. The van der Waals surface area contributed by atoms with Crippen molar-refractivity contribution in [3.05, 3.63) is 9.81 Å². The molecule has 38 valence electrons. The molecule has 0 saturated heterocycles. The Labute approximate surface area is 44.9 Å². The number of allylic oxidation sites excluding steroid dienone is 2. The molecule has 0 bridgehead atoms. The third kappa shape index (κ3) is 0.353. The average Bonchev–Trinajstić information content (AvgIpc) is 2.26. The Hall–Kier alpha value is -0.110. The van der Waals surface area contributed by atoms with Gasteiger partial charge < -0.3 is 0 Å². The van der Waals surface area contributed by atoms with E-state index in [2.05, 4.69) is 0 Å². The molecule has 0 aromatic carbocycles. The summed E-state index contributed by atoms with van der Waals surface area (Å²) in [4.78, 5) is 2.53. The lowest BCUT2D eigenvalue weighted by molar-refractivity contribution is 0.690. The molecule has 1 aliphatic heterocycles. The summed E-state index contributed by atoms with van der Waals surface area (Å²) in [6.45, 7) is 0. The van der Waals surface area contributed by atoms with Crippen LogP contribution in [-0.4, -0.2) is 4.21 Å². The molecule has 1 aliphatic carbocycles. The van der Waals surface area contributed by atoms with Gasteiger partial charge in [-0.1, -0.05) is 0 Å². The van der Waals surface area contributed by atoms with Gasteiger partial charge in [0.05, 0.1) is 10.8 Å². The van der Waals surface area contributed by atoms with E-state index in [4.69, 9.17) is 0 Å². The largest absolute Gasteiger partial charge is 0.250 e. The van der Waals surface area contributed by atoms with Gasteiger partial charge in [0.1, 0.15) is 0 Å². The zero-order valence-corrected chi connectivity index (χ0v) is 4.75. The van der Waals surface area contributed by atoms with Crippen molar-refractivity contribution in [3.63, 3.8) is 0 Å². The third-order valence-electron chi connectivity index (χ3n) is 1.52. The normalized spacial score (nSPS) is 28.6. The zero-order chi connectivity index (χ0) is 4.85. The topological polar surface area (TPSA) is 17.1 Å². The number of hydrogen-bond acceptors (Lipinski definition) is 1. The van der Waals surface area contributed by atoms with Crippen molar-refractivity contribution in [2.45, 2.75) is 19.3 Å². The van der Waals surface area contributed by atoms with Gasteiger partial charge in [-0.05, 0) is 19.3 Å². The Morgan fingerprint density at radius 2 is 1.86 bits per heavy atom. The predicted molar refractivity (Wildman–Crippen MR) is 29.0 cm³/mol. The first-order chi connectivity index (χ1) is 3.39. The average molecular weight is 114 g/mol. The van der Waals surface area contributed by atoms with Gasteiger partial charge in [-0.15, -0.1) is 0 Å². The molecule has 2 rings (SSSR count). The molecule has 0 saturated carbocycles. The van der Waals surface area contributed by atoms with Gasteiger partial charge >= 0.3 is 0 Å². The molecule has 1 heterocycles. The highest BCUT2D eigenvalue weighted by Gasteiger charge is 2.36. The van der Waals surface area contributed by atoms with E-state index in [0.717, 1.165) is 12.8 Å². The van der Waals surface area contributed by atoms with Crippen LogP contribution in [0.3, 0.4) is 0 Å². The van der Waals surface area contributed by atoms with Crippen LogP contribution in [0.5, 0.6) is 0 Å². The maximum atomic E-state index is 10.5. The molecular formula is C5H6OS. The Balaban J connectivity index is 2.33. The second-order valence-corrected chi connectivity index (χ2v) is 3.49. The Morgan fingerprint density at radius 3 is 2.14 bits per heavy atom. The second-order valence-electron chi connectivity index (χ2n) is 1.97. The van der Waals surface area contributed by atoms with E-state index in [0.29, 0.717) is 0 Å².